The van der Waals surface area contributed by atoms with Crippen molar-refractivity contribution < 1.29 is 23.1 Å². The Bertz CT molecular complexity index is 267. The van der Waals surface area contributed by atoms with Gasteiger partial charge in [-0.1, -0.05) is 19.4 Å². The van der Waals surface area contributed by atoms with Crippen molar-refractivity contribution in [1.29, 1.82) is 0 Å². The molecule has 0 radical (unpaired) electrons. The number of hydrogen-bond acceptors (Lipinski definition) is 2. The first-order valence-electron chi connectivity index (χ1n) is 5.99. The van der Waals surface area contributed by atoms with Gasteiger partial charge in [0.1, 0.15) is 12.1 Å². The molecular weight excluding hydrogens is 247 g/mol. The van der Waals surface area contributed by atoms with Crippen LogP contribution in [0, 0.1) is 0 Å². The fourth-order valence-corrected chi connectivity index (χ4v) is 1.59. The summed E-state index contributed by atoms with van der Waals surface area (Å²) in [6.07, 6.45) is -1.07. The molecule has 0 aliphatic heterocycles. The van der Waals surface area contributed by atoms with Gasteiger partial charge in [0.2, 0.25) is 0 Å². The summed E-state index contributed by atoms with van der Waals surface area (Å²) >= 11 is 0. The van der Waals surface area contributed by atoms with Crippen LogP contribution in [0.3, 0.4) is 0 Å². The molecule has 0 aromatic carbocycles. The third-order valence-electron chi connectivity index (χ3n) is 2.65. The Hall–Kier alpha value is -1.04. The Morgan fingerprint density at radius 2 is 2.06 bits per heavy atom. The Morgan fingerprint density at radius 3 is 2.44 bits per heavy atom. The predicted octanol–water partition coefficient (Wildman–Crippen LogP) is 3.12. The van der Waals surface area contributed by atoms with Gasteiger partial charge in [-0.05, 0) is 25.7 Å². The van der Waals surface area contributed by atoms with Crippen molar-refractivity contribution in [2.45, 2.75) is 57.3 Å². The van der Waals surface area contributed by atoms with E-state index in [-0.39, 0.29) is 12.8 Å². The highest BCUT2D eigenvalue weighted by molar-refractivity contribution is 5.73. The van der Waals surface area contributed by atoms with Crippen LogP contribution in [-0.4, -0.2) is 29.3 Å². The van der Waals surface area contributed by atoms with Crippen LogP contribution in [0.15, 0.2) is 12.7 Å². The average Bonchev–Trinajstić information content (AvgIpc) is 2.26. The van der Waals surface area contributed by atoms with Crippen LogP contribution in [0.2, 0.25) is 0 Å². The molecule has 0 aliphatic rings. The van der Waals surface area contributed by atoms with Gasteiger partial charge in [0.25, 0.3) is 0 Å². The number of alkyl halides is 3. The van der Waals surface area contributed by atoms with Gasteiger partial charge in [-0.15, -0.1) is 6.58 Å². The summed E-state index contributed by atoms with van der Waals surface area (Å²) in [5, 5.41) is 10.9. The van der Waals surface area contributed by atoms with E-state index in [4.69, 9.17) is 5.11 Å². The third-order valence-corrected chi connectivity index (χ3v) is 2.65. The highest BCUT2D eigenvalue weighted by atomic mass is 19.4. The smallest absolute Gasteiger partial charge is 0.403 e. The second-order valence-corrected chi connectivity index (χ2v) is 4.13. The monoisotopic (exact) mass is 267 g/mol. The van der Waals surface area contributed by atoms with Gasteiger partial charge in [0.05, 0.1) is 0 Å². The summed E-state index contributed by atoms with van der Waals surface area (Å²) < 4.78 is 38.1. The van der Waals surface area contributed by atoms with Gasteiger partial charge in [0, 0.05) is 0 Å². The molecule has 0 aromatic heterocycles. The maximum atomic E-state index is 12.7. The number of carboxylic acids is 1. The SMILES string of the molecule is C=CCCCCC(NC(CC)C(=O)O)C(F)(F)F. The van der Waals surface area contributed by atoms with Crippen molar-refractivity contribution >= 4 is 5.97 Å². The summed E-state index contributed by atoms with van der Waals surface area (Å²) in [6.45, 7) is 5.03. The lowest BCUT2D eigenvalue weighted by Crippen LogP contribution is -2.50. The lowest BCUT2D eigenvalue weighted by Gasteiger charge is -2.24. The summed E-state index contributed by atoms with van der Waals surface area (Å²) in [4.78, 5) is 10.7. The number of aliphatic carboxylic acids is 1. The Morgan fingerprint density at radius 1 is 1.44 bits per heavy atom. The van der Waals surface area contributed by atoms with Crippen LogP contribution in [0.1, 0.15) is 39.0 Å². The molecule has 106 valence electrons. The first-order chi connectivity index (χ1) is 8.32. The molecule has 3 nitrogen and oxygen atoms in total. The maximum Gasteiger partial charge on any atom is 0.403 e. The minimum atomic E-state index is -4.42. The number of unbranched alkanes of at least 4 members (excludes halogenated alkanes) is 2. The molecule has 2 N–H and O–H groups in total. The Balaban J connectivity index is 4.40. The molecule has 0 fully saturated rings. The Labute approximate surface area is 105 Å². The molecule has 0 spiro atoms. The minimum Gasteiger partial charge on any atom is -0.480 e. The molecule has 2 unspecified atom stereocenters. The number of carbonyl (C=O) groups is 1. The van der Waals surface area contributed by atoms with Crippen LogP contribution >= 0.6 is 0 Å². The summed E-state index contributed by atoms with van der Waals surface area (Å²) in [7, 11) is 0. The maximum absolute atomic E-state index is 12.7. The fourth-order valence-electron chi connectivity index (χ4n) is 1.59. The number of rotatable bonds is 9. The number of carboxylic acid groups (broad SMARTS) is 1. The normalized spacial score (nSPS) is 15.1. The van der Waals surface area contributed by atoms with E-state index < -0.39 is 24.2 Å². The molecule has 0 saturated heterocycles. The van der Waals surface area contributed by atoms with Crippen molar-refractivity contribution in [2.75, 3.05) is 0 Å². The van der Waals surface area contributed by atoms with Gasteiger partial charge in [-0.2, -0.15) is 13.2 Å². The summed E-state index contributed by atoms with van der Waals surface area (Å²) in [5.41, 5.74) is 0. The van der Waals surface area contributed by atoms with Crippen molar-refractivity contribution in [2.24, 2.45) is 0 Å². The van der Waals surface area contributed by atoms with Crippen LogP contribution in [0.25, 0.3) is 0 Å². The van der Waals surface area contributed by atoms with E-state index in [1.807, 2.05) is 0 Å². The molecule has 0 bridgehead atoms. The van der Waals surface area contributed by atoms with E-state index in [9.17, 15) is 18.0 Å². The zero-order valence-electron chi connectivity index (χ0n) is 10.5. The lowest BCUT2D eigenvalue weighted by molar-refractivity contribution is -0.163. The molecule has 0 amide bonds. The van der Waals surface area contributed by atoms with Gasteiger partial charge >= 0.3 is 12.1 Å². The van der Waals surface area contributed by atoms with Crippen molar-refractivity contribution in [3.8, 4) is 0 Å². The molecule has 0 heterocycles. The number of allylic oxidation sites excluding steroid dienone is 1. The highest BCUT2D eigenvalue weighted by Crippen LogP contribution is 2.25. The molecule has 2 atom stereocenters. The van der Waals surface area contributed by atoms with E-state index in [1.54, 1.807) is 6.08 Å². The van der Waals surface area contributed by atoms with Crippen molar-refractivity contribution in [1.82, 2.24) is 5.32 Å². The van der Waals surface area contributed by atoms with E-state index in [1.165, 1.54) is 6.92 Å². The van der Waals surface area contributed by atoms with Crippen LogP contribution in [0.5, 0.6) is 0 Å². The van der Waals surface area contributed by atoms with Crippen LogP contribution in [-0.2, 0) is 4.79 Å². The topological polar surface area (TPSA) is 49.3 Å². The highest BCUT2D eigenvalue weighted by Gasteiger charge is 2.40. The molecule has 0 aromatic rings. The molecule has 18 heavy (non-hydrogen) atoms. The zero-order chi connectivity index (χ0) is 14.2. The van der Waals surface area contributed by atoms with Gasteiger partial charge in [0.15, 0.2) is 0 Å². The van der Waals surface area contributed by atoms with Gasteiger partial charge < -0.3 is 5.11 Å². The van der Waals surface area contributed by atoms with Crippen molar-refractivity contribution in [3.05, 3.63) is 12.7 Å². The van der Waals surface area contributed by atoms with Crippen molar-refractivity contribution in [3.63, 3.8) is 0 Å². The van der Waals surface area contributed by atoms with E-state index in [0.29, 0.717) is 19.3 Å². The molecule has 0 aliphatic carbocycles. The standard InChI is InChI=1S/C12H20F3NO2/c1-3-5-6-7-8-10(12(13,14)15)16-9(4-2)11(17)18/h3,9-10,16H,1,4-8H2,2H3,(H,17,18). The average molecular weight is 267 g/mol. The van der Waals surface area contributed by atoms with E-state index in [2.05, 4.69) is 11.9 Å². The molecule has 6 heteroatoms. The predicted molar refractivity (Wildman–Crippen MR) is 63.4 cm³/mol. The minimum absolute atomic E-state index is 0.110. The summed E-state index contributed by atoms with van der Waals surface area (Å²) in [5.74, 6) is -1.25. The lowest BCUT2D eigenvalue weighted by atomic mass is 10.1. The Kier molecular flexibility index (Phi) is 7.66. The van der Waals surface area contributed by atoms with Gasteiger partial charge in [-0.3, -0.25) is 10.1 Å². The largest absolute Gasteiger partial charge is 0.480 e. The van der Waals surface area contributed by atoms with E-state index >= 15 is 0 Å². The zero-order valence-corrected chi connectivity index (χ0v) is 10.5. The molecule has 0 saturated carbocycles. The summed E-state index contributed by atoms with van der Waals surface area (Å²) in [6, 6.07) is -2.92. The fraction of sp³-hybridized carbons (Fsp3) is 0.750. The second-order valence-electron chi connectivity index (χ2n) is 4.13. The van der Waals surface area contributed by atoms with Crippen LogP contribution < -0.4 is 5.32 Å². The van der Waals surface area contributed by atoms with E-state index in [0.717, 1.165) is 0 Å². The number of hydrogen-bond donors (Lipinski definition) is 2. The molecular formula is C12H20F3NO2. The molecule has 0 rings (SSSR count). The number of halogens is 3. The second kappa shape index (κ2) is 8.13. The first kappa shape index (κ1) is 17.0. The third kappa shape index (κ3) is 6.64. The van der Waals surface area contributed by atoms with Gasteiger partial charge in [-0.25, -0.2) is 0 Å². The number of nitrogens with one attached hydrogen (secondary N) is 1. The first-order valence-corrected chi connectivity index (χ1v) is 5.99. The van der Waals surface area contributed by atoms with Crippen LogP contribution in [0.4, 0.5) is 13.2 Å². The quantitative estimate of drug-likeness (QED) is 0.498.